The molecule has 86 valence electrons. The van der Waals surface area contributed by atoms with E-state index in [2.05, 4.69) is 17.7 Å². The van der Waals surface area contributed by atoms with Crippen molar-refractivity contribution >= 4 is 24.2 Å². The monoisotopic (exact) mass is 256 g/mol. The normalized spacial score (nSPS) is 13.0. The van der Waals surface area contributed by atoms with Gasteiger partial charge >= 0.3 is 0 Å². The van der Waals surface area contributed by atoms with Gasteiger partial charge in [0.15, 0.2) is 5.76 Å². The minimum absolute atomic E-state index is 0.235. The summed E-state index contributed by atoms with van der Waals surface area (Å²) in [5, 5.41) is 5.31. The topological polar surface area (TPSA) is 31.0 Å². The molecule has 0 N–H and O–H groups in total. The summed E-state index contributed by atoms with van der Waals surface area (Å²) in [6.07, 6.45) is 1.61. The van der Waals surface area contributed by atoms with E-state index in [0.29, 0.717) is 16.5 Å². The Morgan fingerprint density at radius 1 is 1.62 bits per heavy atom. The Morgan fingerprint density at radius 3 is 2.94 bits per heavy atom. The zero-order valence-corrected chi connectivity index (χ0v) is 10.8. The molecular weight excluding hydrogens is 244 g/mol. The molecule has 2 aromatic rings. The second-order valence-corrected chi connectivity index (χ2v) is 5.02. The van der Waals surface area contributed by atoms with E-state index < -0.39 is 0 Å². The van der Waals surface area contributed by atoms with Crippen LogP contribution in [-0.4, -0.2) is 15.0 Å². The molecule has 1 atom stereocenters. The van der Waals surface area contributed by atoms with E-state index in [1.54, 1.807) is 6.26 Å². The number of nitrogens with zero attached hydrogens (tertiary/aromatic N) is 2. The van der Waals surface area contributed by atoms with Gasteiger partial charge in [-0.3, -0.25) is 4.68 Å². The highest BCUT2D eigenvalue weighted by molar-refractivity contribution is 7.80. The first kappa shape index (κ1) is 11.6. The molecule has 16 heavy (non-hydrogen) atoms. The fraction of sp³-hybridized carbons (Fsp3) is 0.364. The van der Waals surface area contributed by atoms with Crippen molar-refractivity contribution < 1.29 is 4.42 Å². The molecule has 5 heteroatoms. The molecule has 0 saturated heterocycles. The molecule has 2 aromatic heterocycles. The lowest BCUT2D eigenvalue weighted by molar-refractivity contribution is 0.568. The lowest BCUT2D eigenvalue weighted by Crippen LogP contribution is -2.09. The molecule has 0 amide bonds. The van der Waals surface area contributed by atoms with Gasteiger partial charge in [-0.2, -0.15) is 17.7 Å². The second-order valence-electron chi connectivity index (χ2n) is 3.76. The van der Waals surface area contributed by atoms with Gasteiger partial charge in [0.05, 0.1) is 23.5 Å². The molecule has 0 spiro atoms. The molecule has 0 radical (unpaired) electrons. The molecule has 0 aliphatic carbocycles. The number of halogens is 1. The van der Waals surface area contributed by atoms with Gasteiger partial charge in [-0.15, -0.1) is 0 Å². The molecular formula is C11H13ClN2OS. The van der Waals surface area contributed by atoms with Crippen LogP contribution in [0.5, 0.6) is 0 Å². The van der Waals surface area contributed by atoms with E-state index in [1.807, 2.05) is 30.7 Å². The highest BCUT2D eigenvalue weighted by Crippen LogP contribution is 2.30. The Labute approximate surface area is 105 Å². The van der Waals surface area contributed by atoms with E-state index in [0.717, 1.165) is 12.2 Å². The SMILES string of the molecule is Cc1c(Cl)c(-c2ccco2)nn1CC(C)S. The van der Waals surface area contributed by atoms with Crippen molar-refractivity contribution in [3.8, 4) is 11.5 Å². The van der Waals surface area contributed by atoms with Crippen molar-refractivity contribution in [3.05, 3.63) is 29.1 Å². The van der Waals surface area contributed by atoms with Crippen LogP contribution in [0.2, 0.25) is 5.02 Å². The predicted octanol–water partition coefficient (Wildman–Crippen LogP) is 3.42. The third kappa shape index (κ3) is 2.13. The molecule has 0 aromatic carbocycles. The van der Waals surface area contributed by atoms with Gasteiger partial charge in [0.25, 0.3) is 0 Å². The van der Waals surface area contributed by atoms with Crippen LogP contribution in [-0.2, 0) is 6.54 Å². The van der Waals surface area contributed by atoms with Crippen molar-refractivity contribution in [1.29, 1.82) is 0 Å². The minimum Gasteiger partial charge on any atom is -0.463 e. The maximum absolute atomic E-state index is 6.22. The van der Waals surface area contributed by atoms with Crippen molar-refractivity contribution in [2.75, 3.05) is 0 Å². The summed E-state index contributed by atoms with van der Waals surface area (Å²) in [5.74, 6) is 0.693. The number of rotatable bonds is 3. The van der Waals surface area contributed by atoms with Crippen LogP contribution in [0.4, 0.5) is 0 Å². The van der Waals surface area contributed by atoms with Gasteiger partial charge < -0.3 is 4.42 Å². The first-order valence-corrected chi connectivity index (χ1v) is 5.94. The van der Waals surface area contributed by atoms with Crippen LogP contribution < -0.4 is 0 Å². The van der Waals surface area contributed by atoms with E-state index in [-0.39, 0.29) is 5.25 Å². The highest BCUT2D eigenvalue weighted by atomic mass is 35.5. The number of aromatic nitrogens is 2. The molecule has 2 rings (SSSR count). The number of hydrogen-bond acceptors (Lipinski definition) is 3. The smallest absolute Gasteiger partial charge is 0.155 e. The summed E-state index contributed by atoms with van der Waals surface area (Å²) in [5.41, 5.74) is 1.63. The largest absolute Gasteiger partial charge is 0.463 e. The van der Waals surface area contributed by atoms with E-state index in [1.165, 1.54) is 0 Å². The lowest BCUT2D eigenvalue weighted by Gasteiger charge is -2.05. The van der Waals surface area contributed by atoms with Crippen LogP contribution in [0.25, 0.3) is 11.5 Å². The first-order valence-electron chi connectivity index (χ1n) is 5.04. The molecule has 2 heterocycles. The predicted molar refractivity (Wildman–Crippen MR) is 68.1 cm³/mol. The molecule has 0 aliphatic rings. The van der Waals surface area contributed by atoms with Gasteiger partial charge in [-0.1, -0.05) is 18.5 Å². The minimum atomic E-state index is 0.235. The van der Waals surface area contributed by atoms with Gasteiger partial charge in [-0.05, 0) is 19.1 Å². The second kappa shape index (κ2) is 4.55. The average Bonchev–Trinajstić information content (AvgIpc) is 2.81. The highest BCUT2D eigenvalue weighted by Gasteiger charge is 2.16. The number of hydrogen-bond donors (Lipinski definition) is 1. The van der Waals surface area contributed by atoms with Crippen molar-refractivity contribution in [2.24, 2.45) is 0 Å². The Kier molecular flexibility index (Phi) is 3.30. The van der Waals surface area contributed by atoms with Crippen LogP contribution in [0.15, 0.2) is 22.8 Å². The molecule has 1 unspecified atom stereocenters. The molecule has 0 bridgehead atoms. The van der Waals surface area contributed by atoms with Crippen LogP contribution in [0.1, 0.15) is 12.6 Å². The Balaban J connectivity index is 2.41. The standard InChI is InChI=1S/C11H13ClN2OS/c1-7(16)6-14-8(2)10(12)11(13-14)9-4-3-5-15-9/h3-5,7,16H,6H2,1-2H3. The quantitative estimate of drug-likeness (QED) is 0.853. The van der Waals surface area contributed by atoms with Crippen molar-refractivity contribution in [2.45, 2.75) is 25.6 Å². The zero-order chi connectivity index (χ0) is 11.7. The Morgan fingerprint density at radius 2 is 2.38 bits per heavy atom. The van der Waals surface area contributed by atoms with E-state index in [9.17, 15) is 0 Å². The third-order valence-electron chi connectivity index (χ3n) is 2.33. The molecule has 0 saturated carbocycles. The zero-order valence-electron chi connectivity index (χ0n) is 9.14. The number of furan rings is 1. The van der Waals surface area contributed by atoms with Crippen molar-refractivity contribution in [1.82, 2.24) is 9.78 Å². The summed E-state index contributed by atoms with van der Waals surface area (Å²) in [6, 6.07) is 3.67. The van der Waals surface area contributed by atoms with Crippen LogP contribution in [0.3, 0.4) is 0 Å². The fourth-order valence-corrected chi connectivity index (χ4v) is 1.91. The number of thiol groups is 1. The van der Waals surface area contributed by atoms with Crippen molar-refractivity contribution in [3.63, 3.8) is 0 Å². The summed E-state index contributed by atoms with van der Waals surface area (Å²) in [7, 11) is 0. The van der Waals surface area contributed by atoms with Gasteiger partial charge in [0, 0.05) is 5.25 Å². The summed E-state index contributed by atoms with van der Waals surface area (Å²) in [6.45, 7) is 4.69. The average molecular weight is 257 g/mol. The van der Waals surface area contributed by atoms with Gasteiger partial charge in [0.1, 0.15) is 5.69 Å². The molecule has 3 nitrogen and oxygen atoms in total. The van der Waals surface area contributed by atoms with Crippen LogP contribution in [0, 0.1) is 6.92 Å². The van der Waals surface area contributed by atoms with E-state index in [4.69, 9.17) is 16.0 Å². The molecule has 0 fully saturated rings. The summed E-state index contributed by atoms with van der Waals surface area (Å²) >= 11 is 10.6. The lowest BCUT2D eigenvalue weighted by atomic mass is 10.3. The van der Waals surface area contributed by atoms with Gasteiger partial charge in [-0.25, -0.2) is 0 Å². The Bertz CT molecular complexity index is 476. The Hall–Kier alpha value is -0.870. The van der Waals surface area contributed by atoms with E-state index >= 15 is 0 Å². The maximum Gasteiger partial charge on any atom is 0.155 e. The molecule has 0 aliphatic heterocycles. The summed E-state index contributed by atoms with van der Waals surface area (Å²) < 4.78 is 7.15. The van der Waals surface area contributed by atoms with Gasteiger partial charge in [0.2, 0.25) is 0 Å². The maximum atomic E-state index is 6.22. The third-order valence-corrected chi connectivity index (χ3v) is 2.94. The first-order chi connectivity index (χ1) is 7.59. The fourth-order valence-electron chi connectivity index (χ4n) is 1.52. The van der Waals surface area contributed by atoms with Crippen LogP contribution >= 0.6 is 24.2 Å². The summed E-state index contributed by atoms with van der Waals surface area (Å²) in [4.78, 5) is 0.